The number of aryl methyl sites for hydroxylation is 1. The molecule has 6 heteroatoms. The van der Waals surface area contributed by atoms with Gasteiger partial charge in [-0.15, -0.1) is 0 Å². The number of methoxy groups -OCH3 is 1. The number of rotatable bonds is 5. The van der Waals surface area contributed by atoms with Gasteiger partial charge < -0.3 is 10.5 Å². The van der Waals surface area contributed by atoms with Crippen LogP contribution >= 0.6 is 38.5 Å². The van der Waals surface area contributed by atoms with Crippen molar-refractivity contribution in [2.24, 2.45) is 5.73 Å². The molecule has 0 radical (unpaired) electrons. The van der Waals surface area contributed by atoms with Gasteiger partial charge in [-0.2, -0.15) is 5.10 Å². The van der Waals surface area contributed by atoms with Crippen LogP contribution < -0.4 is 10.5 Å². The molecule has 0 fully saturated rings. The zero-order valence-corrected chi connectivity index (χ0v) is 15.2. The second-order valence-corrected chi connectivity index (χ2v) is 6.56. The van der Waals surface area contributed by atoms with Crippen LogP contribution in [0.5, 0.6) is 5.75 Å². The predicted molar refractivity (Wildman–Crippen MR) is 92.0 cm³/mol. The summed E-state index contributed by atoms with van der Waals surface area (Å²) < 4.78 is 9.48. The molecule has 1 unspecified atom stereocenters. The Hall–Kier alpha value is -0.600. The number of hydrogen-bond acceptors (Lipinski definition) is 3. The van der Waals surface area contributed by atoms with Gasteiger partial charge in [-0.3, -0.25) is 4.68 Å². The number of nitrogens with two attached hydrogens (primary N) is 1. The molecule has 1 aromatic carbocycles. The first-order valence-electron chi connectivity index (χ1n) is 6.38. The average molecular weight is 450 g/mol. The molecule has 0 spiro atoms. The van der Waals surface area contributed by atoms with Gasteiger partial charge in [0.05, 0.1) is 19.3 Å². The summed E-state index contributed by atoms with van der Waals surface area (Å²) in [5.41, 5.74) is 8.41. The second kappa shape index (κ2) is 6.91. The molecule has 2 aromatic rings. The van der Waals surface area contributed by atoms with Gasteiger partial charge in [0.1, 0.15) is 5.69 Å². The van der Waals surface area contributed by atoms with E-state index in [-0.39, 0.29) is 6.04 Å². The molecule has 0 aliphatic heterocycles. The summed E-state index contributed by atoms with van der Waals surface area (Å²) >= 11 is 5.86. The largest absolute Gasteiger partial charge is 0.493 e. The van der Waals surface area contributed by atoms with Crippen LogP contribution in [-0.2, 0) is 6.54 Å². The fourth-order valence-corrected chi connectivity index (χ4v) is 3.15. The summed E-state index contributed by atoms with van der Waals surface area (Å²) in [5, 5.41) is 4.37. The van der Waals surface area contributed by atoms with Crippen molar-refractivity contribution >= 4 is 38.5 Å². The second-order valence-electron chi connectivity index (χ2n) is 4.46. The molecule has 1 aromatic heterocycles. The zero-order chi connectivity index (χ0) is 14.7. The maximum Gasteiger partial charge on any atom is 0.161 e. The van der Waals surface area contributed by atoms with Crippen molar-refractivity contribution in [2.45, 2.75) is 25.9 Å². The lowest BCUT2D eigenvalue weighted by atomic mass is 10.0. The highest BCUT2D eigenvalue weighted by Crippen LogP contribution is 2.33. The standard InChI is InChI=1S/C14H17BrIN3O/c1-3-6-19-14(12(20-2)8-18-19)13(17)10-7-9(16)4-5-11(10)15/h4-5,7-8,13H,3,6,17H2,1-2H3. The predicted octanol–water partition coefficient (Wildman–Crippen LogP) is 3.72. The number of nitrogens with zero attached hydrogens (tertiary/aromatic N) is 2. The minimum absolute atomic E-state index is 0.275. The number of halogens is 2. The Morgan fingerprint density at radius 3 is 2.90 bits per heavy atom. The summed E-state index contributed by atoms with van der Waals surface area (Å²) in [6, 6.07) is 5.87. The maximum absolute atomic E-state index is 6.46. The van der Waals surface area contributed by atoms with Gasteiger partial charge in [0.25, 0.3) is 0 Å². The molecule has 4 nitrogen and oxygen atoms in total. The zero-order valence-electron chi connectivity index (χ0n) is 11.4. The molecule has 0 aliphatic rings. The van der Waals surface area contributed by atoms with Crippen molar-refractivity contribution < 1.29 is 4.74 Å². The van der Waals surface area contributed by atoms with E-state index in [0.717, 1.165) is 38.0 Å². The Morgan fingerprint density at radius 2 is 2.25 bits per heavy atom. The lowest BCUT2D eigenvalue weighted by molar-refractivity contribution is 0.404. The van der Waals surface area contributed by atoms with Gasteiger partial charge in [0, 0.05) is 14.6 Å². The van der Waals surface area contributed by atoms with Crippen LogP contribution in [0, 0.1) is 3.57 Å². The van der Waals surface area contributed by atoms with E-state index in [1.54, 1.807) is 13.3 Å². The summed E-state index contributed by atoms with van der Waals surface area (Å²) in [6.07, 6.45) is 2.73. The Labute approximate surface area is 141 Å². The van der Waals surface area contributed by atoms with Crippen LogP contribution in [0.2, 0.25) is 0 Å². The van der Waals surface area contributed by atoms with Crippen molar-refractivity contribution in [3.63, 3.8) is 0 Å². The van der Waals surface area contributed by atoms with E-state index in [9.17, 15) is 0 Å². The molecule has 1 atom stereocenters. The van der Waals surface area contributed by atoms with Crippen LogP contribution in [0.1, 0.15) is 30.6 Å². The molecule has 2 rings (SSSR count). The summed E-state index contributed by atoms with van der Waals surface area (Å²) in [5.74, 6) is 0.733. The minimum Gasteiger partial charge on any atom is -0.493 e. The molecule has 0 saturated heterocycles. The third-order valence-corrected chi connectivity index (χ3v) is 4.48. The third-order valence-electron chi connectivity index (χ3n) is 3.09. The number of ether oxygens (including phenoxy) is 1. The Balaban J connectivity index is 2.48. The van der Waals surface area contributed by atoms with Crippen LogP contribution in [-0.4, -0.2) is 16.9 Å². The molecular formula is C14H17BrIN3O. The van der Waals surface area contributed by atoms with Crippen molar-refractivity contribution in [3.8, 4) is 5.75 Å². The maximum atomic E-state index is 6.46. The fraction of sp³-hybridized carbons (Fsp3) is 0.357. The normalized spacial score (nSPS) is 12.4. The molecule has 108 valence electrons. The van der Waals surface area contributed by atoms with E-state index in [4.69, 9.17) is 10.5 Å². The van der Waals surface area contributed by atoms with Gasteiger partial charge in [-0.05, 0) is 52.8 Å². The molecular weight excluding hydrogens is 433 g/mol. The molecule has 0 bridgehead atoms. The summed E-state index contributed by atoms with van der Waals surface area (Å²) in [7, 11) is 1.65. The van der Waals surface area contributed by atoms with Gasteiger partial charge >= 0.3 is 0 Å². The Morgan fingerprint density at radius 1 is 1.50 bits per heavy atom. The third kappa shape index (κ3) is 3.17. The highest BCUT2D eigenvalue weighted by atomic mass is 127. The molecule has 1 heterocycles. The minimum atomic E-state index is -0.275. The first kappa shape index (κ1) is 15.8. The average Bonchev–Trinajstić information content (AvgIpc) is 2.84. The quantitative estimate of drug-likeness (QED) is 0.707. The monoisotopic (exact) mass is 449 g/mol. The van der Waals surface area contributed by atoms with Gasteiger partial charge in [0.15, 0.2) is 5.75 Å². The number of hydrogen-bond donors (Lipinski definition) is 1. The van der Waals surface area contributed by atoms with Crippen molar-refractivity contribution in [3.05, 3.63) is 43.7 Å². The van der Waals surface area contributed by atoms with Crippen LogP contribution in [0.15, 0.2) is 28.9 Å². The van der Waals surface area contributed by atoms with Gasteiger partial charge in [-0.25, -0.2) is 0 Å². The molecule has 20 heavy (non-hydrogen) atoms. The number of benzene rings is 1. The van der Waals surface area contributed by atoms with Crippen molar-refractivity contribution in [1.82, 2.24) is 9.78 Å². The van der Waals surface area contributed by atoms with E-state index >= 15 is 0 Å². The lowest BCUT2D eigenvalue weighted by Crippen LogP contribution is -2.19. The van der Waals surface area contributed by atoms with E-state index in [1.807, 2.05) is 16.8 Å². The fourth-order valence-electron chi connectivity index (χ4n) is 2.14. The van der Waals surface area contributed by atoms with Gasteiger partial charge in [-0.1, -0.05) is 22.9 Å². The first-order valence-corrected chi connectivity index (χ1v) is 8.25. The van der Waals surface area contributed by atoms with Crippen LogP contribution in [0.3, 0.4) is 0 Å². The van der Waals surface area contributed by atoms with Crippen LogP contribution in [0.25, 0.3) is 0 Å². The molecule has 0 saturated carbocycles. The van der Waals surface area contributed by atoms with E-state index in [2.05, 4.69) is 56.6 Å². The lowest BCUT2D eigenvalue weighted by Gasteiger charge is -2.17. The Bertz CT molecular complexity index is 600. The topological polar surface area (TPSA) is 53.1 Å². The van der Waals surface area contributed by atoms with E-state index in [0.29, 0.717) is 0 Å². The summed E-state index contributed by atoms with van der Waals surface area (Å²) in [6.45, 7) is 2.94. The first-order chi connectivity index (χ1) is 9.58. The Kier molecular flexibility index (Phi) is 5.45. The van der Waals surface area contributed by atoms with E-state index in [1.165, 1.54) is 0 Å². The van der Waals surface area contributed by atoms with Crippen LogP contribution in [0.4, 0.5) is 0 Å². The van der Waals surface area contributed by atoms with Crippen molar-refractivity contribution in [2.75, 3.05) is 7.11 Å². The highest BCUT2D eigenvalue weighted by Gasteiger charge is 2.22. The summed E-state index contributed by atoms with van der Waals surface area (Å²) in [4.78, 5) is 0. The van der Waals surface area contributed by atoms with Gasteiger partial charge in [0.2, 0.25) is 0 Å². The smallest absolute Gasteiger partial charge is 0.161 e. The van der Waals surface area contributed by atoms with E-state index < -0.39 is 0 Å². The SMILES string of the molecule is CCCn1ncc(OC)c1C(N)c1cc(I)ccc1Br. The van der Waals surface area contributed by atoms with Crippen molar-refractivity contribution in [1.29, 1.82) is 0 Å². The number of aromatic nitrogens is 2. The molecule has 0 amide bonds. The molecule has 2 N–H and O–H groups in total. The highest BCUT2D eigenvalue weighted by molar-refractivity contribution is 14.1. The molecule has 0 aliphatic carbocycles.